The number of para-hydroxylation sites is 1. The van der Waals surface area contributed by atoms with E-state index in [4.69, 9.17) is 17.0 Å². The molecule has 0 amide bonds. The van der Waals surface area contributed by atoms with Gasteiger partial charge >= 0.3 is 0 Å². The molecule has 1 aromatic rings. The Balaban J connectivity index is 2.64. The number of ether oxygens (including phenoxy) is 1. The molecule has 0 saturated carbocycles. The van der Waals surface area contributed by atoms with Crippen molar-refractivity contribution >= 4 is 34.8 Å². The van der Waals surface area contributed by atoms with Crippen molar-refractivity contribution in [1.29, 1.82) is 0 Å². The summed E-state index contributed by atoms with van der Waals surface area (Å²) in [5.41, 5.74) is 0. The molecule has 1 rings (SSSR count). The smallest absolute Gasteiger partial charge is 0.298 e. The Kier molecular flexibility index (Phi) is 3.54. The van der Waals surface area contributed by atoms with Gasteiger partial charge in [-0.25, -0.2) is 0 Å². The average Bonchev–Trinajstić information content (AvgIpc) is 2.06. The minimum atomic E-state index is 0.0798. The highest BCUT2D eigenvalue weighted by atomic mass is 32.1. The number of hydrogen-bond acceptors (Lipinski definition) is 3. The van der Waals surface area contributed by atoms with Gasteiger partial charge in [0.1, 0.15) is 5.75 Å². The van der Waals surface area contributed by atoms with E-state index in [1.54, 1.807) is 12.1 Å². The Morgan fingerprint density at radius 2 is 2.00 bits per heavy atom. The fourth-order valence-corrected chi connectivity index (χ4v) is 0.932. The van der Waals surface area contributed by atoms with Crippen LogP contribution in [0.1, 0.15) is 0 Å². The van der Waals surface area contributed by atoms with E-state index in [0.717, 1.165) is 0 Å². The van der Waals surface area contributed by atoms with Crippen LogP contribution in [0.3, 0.4) is 0 Å². The standard InChI is InChI=1S/C8H5NOS2/c11-6-9-8(12)10-7-4-2-1-3-5-7/h1-5H. The lowest BCUT2D eigenvalue weighted by Crippen LogP contribution is -2.00. The van der Waals surface area contributed by atoms with E-state index in [-0.39, 0.29) is 5.17 Å². The molecular weight excluding hydrogens is 190 g/mol. The van der Waals surface area contributed by atoms with Gasteiger partial charge in [-0.2, -0.15) is 0 Å². The lowest BCUT2D eigenvalue weighted by molar-refractivity contribution is 0.558. The molecular formula is C8H5NOS2. The van der Waals surface area contributed by atoms with Gasteiger partial charge in [-0.1, -0.05) is 18.2 Å². The summed E-state index contributed by atoms with van der Waals surface area (Å²) in [6.07, 6.45) is 0. The molecule has 0 aliphatic carbocycles. The second-order valence-electron chi connectivity index (χ2n) is 1.88. The van der Waals surface area contributed by atoms with Crippen LogP contribution in [0.25, 0.3) is 0 Å². The normalized spacial score (nSPS) is 8.33. The van der Waals surface area contributed by atoms with Crippen molar-refractivity contribution in [1.82, 2.24) is 0 Å². The van der Waals surface area contributed by atoms with Gasteiger partial charge in [-0.3, -0.25) is 0 Å². The molecule has 0 heterocycles. The first-order valence-corrected chi connectivity index (χ1v) is 3.99. The van der Waals surface area contributed by atoms with Gasteiger partial charge in [0.2, 0.25) is 0 Å². The van der Waals surface area contributed by atoms with Crippen LogP contribution < -0.4 is 4.74 Å². The molecule has 2 nitrogen and oxygen atoms in total. The second-order valence-corrected chi connectivity index (χ2v) is 2.42. The zero-order valence-corrected chi connectivity index (χ0v) is 7.69. The molecule has 0 saturated heterocycles. The largest absolute Gasteiger partial charge is 0.430 e. The molecule has 0 aliphatic heterocycles. The van der Waals surface area contributed by atoms with E-state index in [1.807, 2.05) is 18.2 Å². The lowest BCUT2D eigenvalue weighted by atomic mass is 10.3. The maximum atomic E-state index is 5.09. The van der Waals surface area contributed by atoms with Crippen molar-refractivity contribution in [3.63, 3.8) is 0 Å². The van der Waals surface area contributed by atoms with Crippen LogP contribution in [0.4, 0.5) is 0 Å². The molecule has 1 aromatic carbocycles. The third kappa shape index (κ3) is 2.88. The number of aliphatic imine (C=N–C) groups is 1. The highest BCUT2D eigenvalue weighted by Crippen LogP contribution is 2.08. The van der Waals surface area contributed by atoms with Gasteiger partial charge < -0.3 is 4.74 Å². The zero-order chi connectivity index (χ0) is 8.81. The van der Waals surface area contributed by atoms with Crippen molar-refractivity contribution in [2.45, 2.75) is 0 Å². The third-order valence-electron chi connectivity index (χ3n) is 1.09. The van der Waals surface area contributed by atoms with E-state index in [1.165, 1.54) is 0 Å². The Labute approximate surface area is 80.9 Å². The van der Waals surface area contributed by atoms with Crippen molar-refractivity contribution < 1.29 is 4.74 Å². The highest BCUT2D eigenvalue weighted by molar-refractivity contribution is 7.80. The van der Waals surface area contributed by atoms with E-state index < -0.39 is 0 Å². The summed E-state index contributed by atoms with van der Waals surface area (Å²) < 4.78 is 5.09. The van der Waals surface area contributed by atoms with Crippen LogP contribution in [0, 0.1) is 0 Å². The Hall–Kier alpha value is -1.09. The number of nitrogens with zero attached hydrogens (tertiary/aromatic N) is 1. The zero-order valence-electron chi connectivity index (χ0n) is 6.06. The quantitative estimate of drug-likeness (QED) is 0.507. The second kappa shape index (κ2) is 4.72. The first kappa shape index (κ1) is 9.00. The van der Waals surface area contributed by atoms with Gasteiger partial charge in [-0.15, -0.1) is 4.99 Å². The first-order chi connectivity index (χ1) is 5.83. The van der Waals surface area contributed by atoms with Crippen LogP contribution in [-0.2, 0) is 0 Å². The number of rotatable bonds is 1. The monoisotopic (exact) mass is 195 g/mol. The lowest BCUT2D eigenvalue weighted by Gasteiger charge is -1.99. The molecule has 60 valence electrons. The van der Waals surface area contributed by atoms with Gasteiger partial charge in [-0.05, 0) is 36.6 Å². The summed E-state index contributed by atoms with van der Waals surface area (Å²) in [4.78, 5) is 3.49. The minimum absolute atomic E-state index is 0.0798. The molecule has 0 aliphatic rings. The van der Waals surface area contributed by atoms with Crippen molar-refractivity contribution in [2.24, 2.45) is 4.99 Å². The summed E-state index contributed by atoms with van der Waals surface area (Å²) >= 11 is 9.08. The van der Waals surface area contributed by atoms with Crippen molar-refractivity contribution in [2.75, 3.05) is 0 Å². The predicted molar refractivity (Wildman–Crippen MR) is 54.7 cm³/mol. The summed E-state index contributed by atoms with van der Waals surface area (Å²) in [7, 11) is 0. The van der Waals surface area contributed by atoms with E-state index in [2.05, 4.69) is 22.4 Å². The molecule has 0 spiro atoms. The van der Waals surface area contributed by atoms with Crippen LogP contribution in [0.5, 0.6) is 5.75 Å². The third-order valence-corrected chi connectivity index (χ3v) is 1.35. The van der Waals surface area contributed by atoms with E-state index >= 15 is 0 Å². The fraction of sp³-hybridized carbons (Fsp3) is 0. The van der Waals surface area contributed by atoms with Gasteiger partial charge in [0.25, 0.3) is 5.17 Å². The van der Waals surface area contributed by atoms with Gasteiger partial charge in [0.05, 0.1) is 5.16 Å². The average molecular weight is 195 g/mol. The van der Waals surface area contributed by atoms with Crippen LogP contribution >= 0.6 is 24.4 Å². The van der Waals surface area contributed by atoms with Crippen LogP contribution in [0.15, 0.2) is 35.3 Å². The summed E-state index contributed by atoms with van der Waals surface area (Å²) in [5.74, 6) is 0.650. The molecule has 0 fully saturated rings. The number of hydrogen-bond donors (Lipinski definition) is 0. The SMILES string of the molecule is S=C=NC(=S)Oc1ccccc1. The summed E-state index contributed by atoms with van der Waals surface area (Å²) in [5, 5.41) is 2.21. The molecule has 0 radical (unpaired) electrons. The number of isothiocyanates is 1. The fourth-order valence-electron chi connectivity index (χ4n) is 0.649. The van der Waals surface area contributed by atoms with Crippen molar-refractivity contribution in [3.05, 3.63) is 30.3 Å². The topological polar surface area (TPSA) is 21.6 Å². The van der Waals surface area contributed by atoms with Crippen molar-refractivity contribution in [3.8, 4) is 5.75 Å². The Morgan fingerprint density at radius 1 is 1.33 bits per heavy atom. The predicted octanol–water partition coefficient (Wildman–Crippen LogP) is 2.45. The first-order valence-electron chi connectivity index (χ1n) is 3.17. The minimum Gasteiger partial charge on any atom is -0.430 e. The highest BCUT2D eigenvalue weighted by Gasteiger charge is 1.94. The maximum Gasteiger partial charge on any atom is 0.298 e. The Bertz CT molecular complexity index is 317. The Morgan fingerprint density at radius 3 is 2.58 bits per heavy atom. The van der Waals surface area contributed by atoms with Crippen LogP contribution in [-0.4, -0.2) is 10.3 Å². The molecule has 0 unspecified atom stereocenters. The molecule has 12 heavy (non-hydrogen) atoms. The molecule has 0 aromatic heterocycles. The number of benzene rings is 1. The molecule has 4 heteroatoms. The summed E-state index contributed by atoms with van der Waals surface area (Å²) in [6, 6.07) is 9.15. The van der Waals surface area contributed by atoms with E-state index in [0.29, 0.717) is 5.75 Å². The maximum absolute atomic E-state index is 5.09. The van der Waals surface area contributed by atoms with Crippen LogP contribution in [0.2, 0.25) is 0 Å². The molecule has 0 atom stereocenters. The van der Waals surface area contributed by atoms with Gasteiger partial charge in [0, 0.05) is 0 Å². The van der Waals surface area contributed by atoms with Gasteiger partial charge in [0.15, 0.2) is 0 Å². The summed E-state index contributed by atoms with van der Waals surface area (Å²) in [6.45, 7) is 0. The van der Waals surface area contributed by atoms with E-state index in [9.17, 15) is 0 Å². The molecule has 0 bridgehead atoms. The number of thiocarbonyl (C=S) groups is 2. The molecule has 0 N–H and O–H groups in total.